The van der Waals surface area contributed by atoms with E-state index < -0.39 is 10.1 Å². The summed E-state index contributed by atoms with van der Waals surface area (Å²) in [5.41, 5.74) is 0. The van der Waals surface area contributed by atoms with Crippen LogP contribution in [0.3, 0.4) is 0 Å². The van der Waals surface area contributed by atoms with Gasteiger partial charge in [-0.05, 0) is 30.7 Å². The molecular weight excluding hydrogens is 232 g/mol. The lowest BCUT2D eigenvalue weighted by molar-refractivity contribution is 0.315. The summed E-state index contributed by atoms with van der Waals surface area (Å²) >= 11 is 0. The van der Waals surface area contributed by atoms with Crippen LogP contribution in [0.1, 0.15) is 6.42 Å². The molecule has 16 heavy (non-hydrogen) atoms. The third kappa shape index (κ3) is 4.99. The Labute approximate surface area is 94.7 Å². The van der Waals surface area contributed by atoms with E-state index in [9.17, 15) is 8.42 Å². The largest absolute Gasteiger partial charge is 0.497 e. The molecule has 1 aromatic rings. The fourth-order valence-electron chi connectivity index (χ4n) is 1.10. The lowest BCUT2D eigenvalue weighted by Gasteiger charge is -2.06. The lowest BCUT2D eigenvalue weighted by Crippen LogP contribution is -2.08. The third-order valence-corrected chi connectivity index (χ3v) is 2.68. The Kier molecular flexibility index (Phi) is 4.57. The minimum absolute atomic E-state index is 0.242. The van der Waals surface area contributed by atoms with Gasteiger partial charge in [0.15, 0.2) is 0 Å². The Hall–Kier alpha value is -1.27. The quantitative estimate of drug-likeness (QED) is 0.606. The summed E-state index contributed by atoms with van der Waals surface area (Å²) in [5.74, 6) is 1.07. The first-order valence-electron chi connectivity index (χ1n) is 4.73. The van der Waals surface area contributed by atoms with Crippen molar-refractivity contribution in [3.63, 3.8) is 0 Å². The predicted octanol–water partition coefficient (Wildman–Crippen LogP) is 1.35. The SMILES string of the molecule is COc1ccc(OCCCS(=O)(=O)O)cc1. The van der Waals surface area contributed by atoms with Gasteiger partial charge in [0.25, 0.3) is 10.1 Å². The van der Waals surface area contributed by atoms with Crippen molar-refractivity contribution < 1.29 is 22.4 Å². The van der Waals surface area contributed by atoms with Gasteiger partial charge in [-0.3, -0.25) is 4.55 Å². The van der Waals surface area contributed by atoms with Gasteiger partial charge in [0.2, 0.25) is 0 Å². The van der Waals surface area contributed by atoms with Crippen molar-refractivity contribution in [1.82, 2.24) is 0 Å². The Bertz CT molecular complexity index is 409. The number of hydrogen-bond donors (Lipinski definition) is 1. The van der Waals surface area contributed by atoms with Crippen LogP contribution in [0, 0.1) is 0 Å². The Balaban J connectivity index is 2.32. The van der Waals surface area contributed by atoms with E-state index in [4.69, 9.17) is 14.0 Å². The van der Waals surface area contributed by atoms with Crippen LogP contribution in [0.2, 0.25) is 0 Å². The van der Waals surface area contributed by atoms with Crippen LogP contribution >= 0.6 is 0 Å². The minimum atomic E-state index is -3.89. The monoisotopic (exact) mass is 246 g/mol. The molecule has 0 aliphatic carbocycles. The molecule has 0 aliphatic heterocycles. The highest BCUT2D eigenvalue weighted by Crippen LogP contribution is 2.16. The number of benzene rings is 1. The highest BCUT2D eigenvalue weighted by Gasteiger charge is 2.03. The first-order valence-corrected chi connectivity index (χ1v) is 6.34. The zero-order valence-electron chi connectivity index (χ0n) is 8.92. The maximum Gasteiger partial charge on any atom is 0.264 e. The fraction of sp³-hybridized carbons (Fsp3) is 0.400. The molecule has 0 unspecified atom stereocenters. The molecule has 5 nitrogen and oxygen atoms in total. The summed E-state index contributed by atoms with van der Waals surface area (Å²) in [4.78, 5) is 0. The molecule has 0 aromatic heterocycles. The predicted molar refractivity (Wildman–Crippen MR) is 59.5 cm³/mol. The molecule has 0 amide bonds. The molecule has 0 spiro atoms. The van der Waals surface area contributed by atoms with Crippen molar-refractivity contribution >= 4 is 10.1 Å². The molecule has 0 aliphatic rings. The average molecular weight is 246 g/mol. The zero-order valence-corrected chi connectivity index (χ0v) is 9.74. The van der Waals surface area contributed by atoms with Gasteiger partial charge in [0.1, 0.15) is 11.5 Å². The average Bonchev–Trinajstić information content (AvgIpc) is 2.24. The molecule has 1 rings (SSSR count). The normalized spacial score (nSPS) is 11.1. The Morgan fingerprint density at radius 1 is 1.19 bits per heavy atom. The number of ether oxygens (including phenoxy) is 2. The first kappa shape index (κ1) is 12.8. The fourth-order valence-corrected chi connectivity index (χ4v) is 1.59. The van der Waals surface area contributed by atoms with Crippen LogP contribution in [-0.4, -0.2) is 32.4 Å². The smallest absolute Gasteiger partial charge is 0.264 e. The van der Waals surface area contributed by atoms with Gasteiger partial charge < -0.3 is 9.47 Å². The summed E-state index contributed by atoms with van der Waals surface area (Å²) in [6, 6.07) is 6.95. The molecule has 0 atom stereocenters. The molecule has 0 radical (unpaired) electrons. The highest BCUT2D eigenvalue weighted by atomic mass is 32.2. The van der Waals surface area contributed by atoms with Crippen molar-refractivity contribution in [3.8, 4) is 11.5 Å². The minimum Gasteiger partial charge on any atom is -0.497 e. The first-order chi connectivity index (χ1) is 7.51. The van der Waals surface area contributed by atoms with E-state index in [1.165, 1.54) is 0 Å². The van der Waals surface area contributed by atoms with Crippen LogP contribution < -0.4 is 9.47 Å². The zero-order chi connectivity index (χ0) is 12.0. The second kappa shape index (κ2) is 5.72. The van der Waals surface area contributed by atoms with Crippen molar-refractivity contribution in [2.75, 3.05) is 19.5 Å². The number of hydrogen-bond acceptors (Lipinski definition) is 4. The summed E-state index contributed by atoms with van der Waals surface area (Å²) < 4.78 is 39.5. The van der Waals surface area contributed by atoms with Crippen LogP contribution in [0.4, 0.5) is 0 Å². The Morgan fingerprint density at radius 2 is 1.75 bits per heavy atom. The number of methoxy groups -OCH3 is 1. The van der Waals surface area contributed by atoms with Gasteiger partial charge >= 0.3 is 0 Å². The van der Waals surface area contributed by atoms with Crippen LogP contribution in [0.15, 0.2) is 24.3 Å². The van der Waals surface area contributed by atoms with E-state index in [0.29, 0.717) is 5.75 Å². The molecule has 0 fully saturated rings. The third-order valence-electron chi connectivity index (χ3n) is 1.87. The molecule has 0 heterocycles. The molecule has 0 saturated heterocycles. The summed E-state index contributed by atoms with van der Waals surface area (Å²) in [6.07, 6.45) is 0.255. The topological polar surface area (TPSA) is 72.8 Å². The van der Waals surface area contributed by atoms with Crippen molar-refractivity contribution in [2.45, 2.75) is 6.42 Å². The molecule has 1 aromatic carbocycles. The maximum atomic E-state index is 10.4. The van der Waals surface area contributed by atoms with Gasteiger partial charge in [-0.25, -0.2) is 0 Å². The summed E-state index contributed by atoms with van der Waals surface area (Å²) in [7, 11) is -2.32. The standard InChI is InChI=1S/C10H14O5S/c1-14-9-3-5-10(6-4-9)15-7-2-8-16(11,12)13/h3-6H,2,7-8H2,1H3,(H,11,12,13). The van der Waals surface area contributed by atoms with E-state index in [1.54, 1.807) is 31.4 Å². The van der Waals surface area contributed by atoms with Crippen molar-refractivity contribution in [1.29, 1.82) is 0 Å². The highest BCUT2D eigenvalue weighted by molar-refractivity contribution is 7.85. The van der Waals surface area contributed by atoms with E-state index in [-0.39, 0.29) is 18.8 Å². The van der Waals surface area contributed by atoms with E-state index in [0.717, 1.165) is 5.75 Å². The maximum absolute atomic E-state index is 10.4. The summed E-state index contributed by atoms with van der Waals surface area (Å²) in [6.45, 7) is 0.242. The van der Waals surface area contributed by atoms with Gasteiger partial charge in [0.05, 0.1) is 19.5 Å². The van der Waals surface area contributed by atoms with E-state index in [2.05, 4.69) is 0 Å². The van der Waals surface area contributed by atoms with Crippen LogP contribution in [0.25, 0.3) is 0 Å². The molecule has 6 heteroatoms. The molecule has 1 N–H and O–H groups in total. The second-order valence-electron chi connectivity index (χ2n) is 3.16. The molecule has 0 bridgehead atoms. The van der Waals surface area contributed by atoms with E-state index >= 15 is 0 Å². The van der Waals surface area contributed by atoms with Gasteiger partial charge in [-0.2, -0.15) is 8.42 Å². The van der Waals surface area contributed by atoms with Gasteiger partial charge in [-0.15, -0.1) is 0 Å². The van der Waals surface area contributed by atoms with Crippen molar-refractivity contribution in [3.05, 3.63) is 24.3 Å². The Morgan fingerprint density at radius 3 is 2.25 bits per heavy atom. The van der Waals surface area contributed by atoms with Crippen LogP contribution in [0.5, 0.6) is 11.5 Å². The second-order valence-corrected chi connectivity index (χ2v) is 4.74. The van der Waals surface area contributed by atoms with Crippen molar-refractivity contribution in [2.24, 2.45) is 0 Å². The number of rotatable bonds is 6. The van der Waals surface area contributed by atoms with Gasteiger partial charge in [-0.1, -0.05) is 0 Å². The lowest BCUT2D eigenvalue weighted by atomic mass is 10.3. The van der Waals surface area contributed by atoms with Gasteiger partial charge in [0, 0.05) is 0 Å². The van der Waals surface area contributed by atoms with Crippen LogP contribution in [-0.2, 0) is 10.1 Å². The molecule has 90 valence electrons. The molecular formula is C10H14O5S. The van der Waals surface area contributed by atoms with E-state index in [1.807, 2.05) is 0 Å². The summed E-state index contributed by atoms with van der Waals surface area (Å²) in [5, 5.41) is 0. The molecule has 0 saturated carbocycles.